The van der Waals surface area contributed by atoms with Gasteiger partial charge in [-0.25, -0.2) is 0 Å². The van der Waals surface area contributed by atoms with Crippen molar-refractivity contribution in [1.82, 2.24) is 0 Å². The molecule has 0 heterocycles. The van der Waals surface area contributed by atoms with Crippen LogP contribution in [0.4, 0.5) is 0 Å². The van der Waals surface area contributed by atoms with E-state index in [4.69, 9.17) is 37.9 Å². The standard InChI is InChI=1S/C56H60O12/c1-39(57)49-19-3-5-21-51(49)65-31-27-61-23-25-63-29-33-67-55-45-15-9-16-46(55)36-42-12-8-14-44(54(42)60)38-48-18-10-17-47(37-43-13-7-11-41(35-45)53(43)59)56(48)68-34-30-64-26-24-62-28-32-66-52-22-6-4-20-50(52)40(2)58/h3-22,59-60H,23-38H2,1-2H3. The third kappa shape index (κ3) is 13.7. The number of phenolic OH excluding ortho intramolecular Hbond substituents is 2. The maximum atomic E-state index is 11.9. The van der Waals surface area contributed by atoms with Crippen molar-refractivity contribution in [3.05, 3.63) is 177 Å². The predicted octanol–water partition coefficient (Wildman–Crippen LogP) is 9.16. The van der Waals surface area contributed by atoms with E-state index in [1.54, 1.807) is 24.3 Å². The minimum Gasteiger partial charge on any atom is -0.507 e. The number of phenols is 2. The normalized spacial score (nSPS) is 12.0. The van der Waals surface area contributed by atoms with E-state index < -0.39 is 0 Å². The largest absolute Gasteiger partial charge is 0.507 e. The molecule has 0 fully saturated rings. The third-order valence-electron chi connectivity index (χ3n) is 11.5. The van der Waals surface area contributed by atoms with E-state index in [0.717, 1.165) is 44.5 Å². The molecule has 0 radical (unpaired) electrons. The van der Waals surface area contributed by atoms with Crippen LogP contribution in [0.3, 0.4) is 0 Å². The highest BCUT2D eigenvalue weighted by Gasteiger charge is 2.20. The molecule has 0 saturated carbocycles. The fourth-order valence-electron chi connectivity index (χ4n) is 8.12. The lowest BCUT2D eigenvalue weighted by Gasteiger charge is -2.20. The Morgan fingerprint density at radius 2 is 0.618 bits per heavy atom. The van der Waals surface area contributed by atoms with Gasteiger partial charge >= 0.3 is 0 Å². The number of ether oxygens (including phenoxy) is 8. The van der Waals surface area contributed by atoms with Gasteiger partial charge < -0.3 is 48.1 Å². The highest BCUT2D eigenvalue weighted by atomic mass is 16.6. The second kappa shape index (κ2) is 25.4. The molecule has 7 rings (SSSR count). The number of aromatic hydroxyl groups is 2. The first kappa shape index (κ1) is 49.2. The second-order valence-corrected chi connectivity index (χ2v) is 16.3. The lowest BCUT2D eigenvalue weighted by atomic mass is 9.91. The number of Topliss-reactive ketones (excluding diaryl/α,β-unsaturated/α-hetero) is 2. The van der Waals surface area contributed by atoms with E-state index in [0.29, 0.717) is 126 Å². The zero-order chi connectivity index (χ0) is 47.5. The van der Waals surface area contributed by atoms with Gasteiger partial charge in [-0.15, -0.1) is 0 Å². The molecule has 2 N–H and O–H groups in total. The molecule has 356 valence electrons. The summed E-state index contributed by atoms with van der Waals surface area (Å²) in [5.41, 5.74) is 7.69. The Labute approximate surface area is 398 Å². The van der Waals surface area contributed by atoms with Crippen LogP contribution in [0.2, 0.25) is 0 Å². The molecule has 1 aliphatic carbocycles. The first-order valence-electron chi connectivity index (χ1n) is 23.1. The molecule has 0 aromatic heterocycles. The number of ketones is 2. The number of carbonyl (C=O) groups is 2. The van der Waals surface area contributed by atoms with E-state index in [2.05, 4.69) is 0 Å². The summed E-state index contributed by atoms with van der Waals surface area (Å²) in [5.74, 6) is 2.78. The summed E-state index contributed by atoms with van der Waals surface area (Å²) in [4.78, 5) is 23.7. The molecule has 0 amide bonds. The number of fused-ring (bicyclic) bond motifs is 8. The van der Waals surface area contributed by atoms with Gasteiger partial charge in [-0.2, -0.15) is 0 Å². The van der Waals surface area contributed by atoms with Gasteiger partial charge in [0.1, 0.15) is 60.9 Å². The lowest BCUT2D eigenvalue weighted by Crippen LogP contribution is -2.15. The van der Waals surface area contributed by atoms with Gasteiger partial charge in [-0.1, -0.05) is 97.1 Å². The maximum Gasteiger partial charge on any atom is 0.163 e. The average Bonchev–Trinajstić information content (AvgIpc) is 3.33. The van der Waals surface area contributed by atoms with Crippen LogP contribution in [0.25, 0.3) is 0 Å². The fraction of sp³-hybridized carbons (Fsp3) is 0.321. The minimum absolute atomic E-state index is 0.0522. The van der Waals surface area contributed by atoms with Crippen LogP contribution in [0.5, 0.6) is 34.5 Å². The average molecular weight is 925 g/mol. The Morgan fingerprint density at radius 1 is 0.353 bits per heavy atom. The lowest BCUT2D eigenvalue weighted by molar-refractivity contribution is 0.0271. The van der Waals surface area contributed by atoms with Crippen LogP contribution in [-0.2, 0) is 44.6 Å². The van der Waals surface area contributed by atoms with Gasteiger partial charge in [0.25, 0.3) is 0 Å². The summed E-state index contributed by atoms with van der Waals surface area (Å²) in [6.45, 7) is 6.99. The van der Waals surface area contributed by atoms with Crippen LogP contribution in [0.1, 0.15) is 79.1 Å². The predicted molar refractivity (Wildman–Crippen MR) is 258 cm³/mol. The number of hydrogen-bond acceptors (Lipinski definition) is 12. The Kier molecular flexibility index (Phi) is 18.4. The van der Waals surface area contributed by atoms with Gasteiger partial charge in [0, 0.05) is 25.7 Å². The highest BCUT2D eigenvalue weighted by Crippen LogP contribution is 2.38. The van der Waals surface area contributed by atoms with E-state index in [9.17, 15) is 19.8 Å². The molecule has 0 spiro atoms. The van der Waals surface area contributed by atoms with Gasteiger partial charge in [0.15, 0.2) is 11.6 Å². The molecule has 0 saturated heterocycles. The van der Waals surface area contributed by atoms with E-state index in [1.807, 2.05) is 97.1 Å². The van der Waals surface area contributed by atoms with Gasteiger partial charge in [0.2, 0.25) is 0 Å². The summed E-state index contributed by atoms with van der Waals surface area (Å²) in [6, 6.07) is 37.9. The summed E-state index contributed by atoms with van der Waals surface area (Å²) < 4.78 is 47.6. The molecule has 0 unspecified atom stereocenters. The molecule has 6 aromatic rings. The Hall–Kier alpha value is -6.70. The van der Waals surface area contributed by atoms with Crippen LogP contribution in [0, 0.1) is 0 Å². The quantitative estimate of drug-likeness (QED) is 0.0440. The van der Waals surface area contributed by atoms with Crippen molar-refractivity contribution in [1.29, 1.82) is 0 Å². The summed E-state index contributed by atoms with van der Waals surface area (Å²) in [5, 5.41) is 23.6. The van der Waals surface area contributed by atoms with E-state index in [1.165, 1.54) is 13.8 Å². The Morgan fingerprint density at radius 3 is 0.926 bits per heavy atom. The molecular formula is C56H60O12. The van der Waals surface area contributed by atoms with Crippen molar-refractivity contribution < 1.29 is 57.7 Å². The first-order valence-corrected chi connectivity index (χ1v) is 23.1. The number of hydrogen-bond donors (Lipinski definition) is 2. The van der Waals surface area contributed by atoms with Crippen molar-refractivity contribution in [3.63, 3.8) is 0 Å². The fourth-order valence-corrected chi connectivity index (χ4v) is 8.12. The van der Waals surface area contributed by atoms with Crippen molar-refractivity contribution >= 4 is 11.6 Å². The van der Waals surface area contributed by atoms with Gasteiger partial charge in [-0.05, 0) is 82.6 Å². The highest BCUT2D eigenvalue weighted by molar-refractivity contribution is 5.97. The molecule has 12 heteroatoms. The molecule has 68 heavy (non-hydrogen) atoms. The molecule has 12 nitrogen and oxygen atoms in total. The molecular weight excluding hydrogens is 865 g/mol. The molecule has 8 bridgehead atoms. The van der Waals surface area contributed by atoms with Crippen molar-refractivity contribution in [3.8, 4) is 34.5 Å². The Balaban J connectivity index is 0.960. The number of rotatable bonds is 24. The van der Waals surface area contributed by atoms with Crippen molar-refractivity contribution in [2.45, 2.75) is 39.5 Å². The second-order valence-electron chi connectivity index (χ2n) is 16.3. The van der Waals surface area contributed by atoms with Crippen LogP contribution >= 0.6 is 0 Å². The minimum atomic E-state index is -0.0522. The number of benzene rings is 6. The monoisotopic (exact) mass is 924 g/mol. The topological polar surface area (TPSA) is 148 Å². The zero-order valence-electron chi connectivity index (χ0n) is 38.8. The molecule has 1 aliphatic rings. The van der Waals surface area contributed by atoms with E-state index >= 15 is 0 Å². The van der Waals surface area contributed by atoms with Crippen LogP contribution in [-0.4, -0.2) is 101 Å². The van der Waals surface area contributed by atoms with Gasteiger partial charge in [0.05, 0.1) is 64.0 Å². The summed E-state index contributed by atoms with van der Waals surface area (Å²) in [7, 11) is 0. The third-order valence-corrected chi connectivity index (χ3v) is 11.5. The van der Waals surface area contributed by atoms with Crippen molar-refractivity contribution in [2.75, 3.05) is 79.3 Å². The number of para-hydroxylation sites is 6. The molecule has 0 atom stereocenters. The first-order chi connectivity index (χ1) is 33.3. The van der Waals surface area contributed by atoms with Gasteiger partial charge in [-0.3, -0.25) is 9.59 Å². The molecule has 6 aromatic carbocycles. The Bertz CT molecular complexity index is 2340. The molecule has 0 aliphatic heterocycles. The zero-order valence-corrected chi connectivity index (χ0v) is 38.8. The van der Waals surface area contributed by atoms with E-state index in [-0.39, 0.29) is 36.3 Å². The number of carbonyl (C=O) groups excluding carboxylic acids is 2. The van der Waals surface area contributed by atoms with Crippen molar-refractivity contribution in [2.24, 2.45) is 0 Å². The summed E-state index contributed by atoms with van der Waals surface area (Å²) >= 11 is 0. The maximum absolute atomic E-state index is 11.9. The van der Waals surface area contributed by atoms with Crippen LogP contribution in [0.15, 0.2) is 121 Å². The summed E-state index contributed by atoms with van der Waals surface area (Å²) in [6.07, 6.45) is 1.64. The van der Waals surface area contributed by atoms with Crippen LogP contribution < -0.4 is 18.9 Å². The smallest absolute Gasteiger partial charge is 0.163 e. The SMILES string of the molecule is CC(=O)c1ccccc1OCCOCCOCCOc1c2cccc1Cc1cccc(c1O)Cc1cccc(c1OCCOCCOCCOc1ccccc1C(C)=O)Cc1cccc(c1O)C2.